The third kappa shape index (κ3) is 2.83. The molecular weight excluding hydrogens is 368 g/mol. The molecule has 1 aliphatic rings. The van der Waals surface area contributed by atoms with Crippen molar-refractivity contribution in [1.82, 2.24) is 4.31 Å². The minimum absolute atomic E-state index is 0.0194. The molecule has 130 valence electrons. The quantitative estimate of drug-likeness (QED) is 0.794. The van der Waals surface area contributed by atoms with Crippen molar-refractivity contribution in [3.63, 3.8) is 0 Å². The van der Waals surface area contributed by atoms with Crippen LogP contribution in [0.1, 0.15) is 17.3 Å². The largest absolute Gasteiger partial charge is 0.506 e. The third-order valence-corrected chi connectivity index (χ3v) is 5.95. The number of fused-ring (bicyclic) bond motifs is 1. The summed E-state index contributed by atoms with van der Waals surface area (Å²) in [4.78, 5) is 24.7. The molecule has 7 nitrogen and oxygen atoms in total. The van der Waals surface area contributed by atoms with E-state index in [2.05, 4.69) is 5.32 Å². The van der Waals surface area contributed by atoms with E-state index in [-0.39, 0.29) is 26.9 Å². The maximum Gasteiger partial charge on any atom is 0.269 e. The number of amides is 2. The van der Waals surface area contributed by atoms with Crippen LogP contribution >= 0.6 is 11.6 Å². The van der Waals surface area contributed by atoms with E-state index < -0.39 is 27.9 Å². The molecule has 0 aromatic heterocycles. The molecule has 3 rings (SSSR count). The molecule has 1 aliphatic heterocycles. The summed E-state index contributed by atoms with van der Waals surface area (Å²) in [5, 5.41) is 12.4. The summed E-state index contributed by atoms with van der Waals surface area (Å²) in [6.45, 7) is 1.29. The van der Waals surface area contributed by atoms with Gasteiger partial charge in [0.05, 0.1) is 11.3 Å². The number of hydrogen-bond donors (Lipinski definition) is 2. The Labute approximate surface area is 148 Å². The maximum absolute atomic E-state index is 12.6. The molecule has 0 saturated heterocycles. The van der Waals surface area contributed by atoms with Crippen LogP contribution in [-0.4, -0.2) is 35.7 Å². The van der Waals surface area contributed by atoms with Crippen LogP contribution in [0.4, 0.5) is 5.69 Å². The van der Waals surface area contributed by atoms with E-state index in [4.69, 9.17) is 11.6 Å². The Morgan fingerprint density at radius 2 is 1.92 bits per heavy atom. The van der Waals surface area contributed by atoms with E-state index >= 15 is 0 Å². The molecule has 1 heterocycles. The van der Waals surface area contributed by atoms with Crippen molar-refractivity contribution in [3.8, 4) is 5.75 Å². The first-order chi connectivity index (χ1) is 11.7. The van der Waals surface area contributed by atoms with Gasteiger partial charge in [-0.05, 0) is 37.3 Å². The molecule has 0 saturated carbocycles. The van der Waals surface area contributed by atoms with Crippen molar-refractivity contribution in [2.24, 2.45) is 0 Å². The number of nitrogens with one attached hydrogen (secondary N) is 1. The number of benzene rings is 2. The van der Waals surface area contributed by atoms with Crippen molar-refractivity contribution in [3.05, 3.63) is 53.1 Å². The predicted octanol–water partition coefficient (Wildman–Crippen LogP) is 2.22. The van der Waals surface area contributed by atoms with Crippen LogP contribution in [0, 0.1) is 0 Å². The van der Waals surface area contributed by atoms with Gasteiger partial charge in [0, 0.05) is 5.02 Å². The lowest BCUT2D eigenvalue weighted by Crippen LogP contribution is -2.45. The fourth-order valence-electron chi connectivity index (χ4n) is 2.54. The van der Waals surface area contributed by atoms with Gasteiger partial charge < -0.3 is 10.4 Å². The third-order valence-electron chi connectivity index (χ3n) is 3.80. The van der Waals surface area contributed by atoms with Gasteiger partial charge in [-0.2, -0.15) is 0 Å². The summed E-state index contributed by atoms with van der Waals surface area (Å²) in [6, 6.07) is 8.47. The van der Waals surface area contributed by atoms with E-state index in [9.17, 15) is 23.1 Å². The topological polar surface area (TPSA) is 104 Å². The van der Waals surface area contributed by atoms with Crippen molar-refractivity contribution >= 4 is 39.1 Å². The van der Waals surface area contributed by atoms with Crippen LogP contribution in [0.5, 0.6) is 5.75 Å². The first kappa shape index (κ1) is 17.2. The number of carbonyl (C=O) groups excluding carboxylic acids is 2. The standard InChI is InChI=1S/C16H13ClN2O5S/c1-9(15(21)18-12-8-10(17)6-7-13(12)20)19-16(22)11-4-2-3-5-14(11)25(19,23)24/h2-9,20H,1H3,(H,18,21). The van der Waals surface area contributed by atoms with Gasteiger partial charge >= 0.3 is 0 Å². The number of hydrogen-bond acceptors (Lipinski definition) is 5. The summed E-state index contributed by atoms with van der Waals surface area (Å²) >= 11 is 5.81. The number of halogens is 1. The molecule has 0 bridgehead atoms. The highest BCUT2D eigenvalue weighted by Crippen LogP contribution is 2.32. The predicted molar refractivity (Wildman–Crippen MR) is 91.0 cm³/mol. The molecule has 2 aromatic rings. The van der Waals surface area contributed by atoms with E-state index in [1.165, 1.54) is 43.3 Å². The van der Waals surface area contributed by atoms with E-state index in [0.29, 0.717) is 4.31 Å². The molecule has 0 radical (unpaired) electrons. The first-order valence-electron chi connectivity index (χ1n) is 7.20. The van der Waals surface area contributed by atoms with Gasteiger partial charge in [-0.15, -0.1) is 0 Å². The van der Waals surface area contributed by atoms with Gasteiger partial charge in [0.25, 0.3) is 15.9 Å². The molecule has 0 spiro atoms. The molecule has 1 atom stereocenters. The second-order valence-electron chi connectivity index (χ2n) is 5.43. The molecular formula is C16H13ClN2O5S. The lowest BCUT2D eigenvalue weighted by Gasteiger charge is -2.22. The maximum atomic E-state index is 12.6. The number of carbonyl (C=O) groups is 2. The molecule has 2 amide bonds. The zero-order valence-electron chi connectivity index (χ0n) is 12.9. The van der Waals surface area contributed by atoms with Gasteiger partial charge in [0.15, 0.2) is 0 Å². The molecule has 1 unspecified atom stereocenters. The molecule has 2 aromatic carbocycles. The Bertz CT molecular complexity index is 990. The molecule has 0 aliphatic carbocycles. The second kappa shape index (κ2) is 6.05. The van der Waals surface area contributed by atoms with Gasteiger partial charge in [-0.1, -0.05) is 23.7 Å². The lowest BCUT2D eigenvalue weighted by atomic mass is 10.2. The normalized spacial score (nSPS) is 16.4. The lowest BCUT2D eigenvalue weighted by molar-refractivity contribution is -0.118. The summed E-state index contributed by atoms with van der Waals surface area (Å²) in [5.41, 5.74) is 0.0404. The Kier molecular flexibility index (Phi) is 4.18. The highest BCUT2D eigenvalue weighted by atomic mass is 35.5. The van der Waals surface area contributed by atoms with Crippen LogP contribution in [0.2, 0.25) is 5.02 Å². The number of phenolic OH excluding ortho intramolecular Hbond substituents is 1. The highest BCUT2D eigenvalue weighted by Gasteiger charge is 2.45. The monoisotopic (exact) mass is 380 g/mol. The van der Waals surface area contributed by atoms with Crippen LogP contribution in [-0.2, 0) is 14.8 Å². The number of nitrogens with zero attached hydrogens (tertiary/aromatic N) is 1. The van der Waals surface area contributed by atoms with Crippen molar-refractivity contribution in [2.75, 3.05) is 5.32 Å². The Balaban J connectivity index is 1.91. The Morgan fingerprint density at radius 1 is 1.24 bits per heavy atom. The van der Waals surface area contributed by atoms with Crippen LogP contribution in [0.15, 0.2) is 47.4 Å². The zero-order valence-corrected chi connectivity index (χ0v) is 14.5. The zero-order chi connectivity index (χ0) is 18.4. The number of sulfonamides is 1. The molecule has 25 heavy (non-hydrogen) atoms. The van der Waals surface area contributed by atoms with Crippen molar-refractivity contribution < 1.29 is 23.1 Å². The summed E-state index contributed by atoms with van der Waals surface area (Å²) in [5.74, 6) is -1.78. The van der Waals surface area contributed by atoms with Gasteiger partial charge in [-0.25, -0.2) is 12.7 Å². The average molecular weight is 381 g/mol. The van der Waals surface area contributed by atoms with E-state index in [1.54, 1.807) is 6.07 Å². The minimum atomic E-state index is -4.12. The van der Waals surface area contributed by atoms with Gasteiger partial charge in [-0.3, -0.25) is 9.59 Å². The number of phenols is 1. The summed E-state index contributed by atoms with van der Waals surface area (Å²) in [7, 11) is -4.12. The molecule has 0 fully saturated rings. The van der Waals surface area contributed by atoms with E-state index in [0.717, 1.165) is 0 Å². The fourth-order valence-corrected chi connectivity index (χ4v) is 4.43. The Morgan fingerprint density at radius 3 is 2.60 bits per heavy atom. The number of aromatic hydroxyl groups is 1. The van der Waals surface area contributed by atoms with Crippen LogP contribution < -0.4 is 5.32 Å². The van der Waals surface area contributed by atoms with Crippen molar-refractivity contribution in [1.29, 1.82) is 0 Å². The van der Waals surface area contributed by atoms with Crippen LogP contribution in [0.25, 0.3) is 0 Å². The average Bonchev–Trinajstić information content (AvgIpc) is 2.77. The first-order valence-corrected chi connectivity index (χ1v) is 9.02. The Hall–Kier alpha value is -2.58. The highest BCUT2D eigenvalue weighted by molar-refractivity contribution is 7.90. The van der Waals surface area contributed by atoms with Crippen molar-refractivity contribution in [2.45, 2.75) is 17.9 Å². The number of rotatable bonds is 3. The smallest absolute Gasteiger partial charge is 0.269 e. The number of anilines is 1. The SMILES string of the molecule is CC(C(=O)Nc1cc(Cl)ccc1O)N1C(=O)c2ccccc2S1(=O)=O. The van der Waals surface area contributed by atoms with E-state index in [1.807, 2.05) is 0 Å². The second-order valence-corrected chi connectivity index (χ2v) is 7.65. The van der Waals surface area contributed by atoms with Gasteiger partial charge in [0.1, 0.15) is 16.7 Å². The van der Waals surface area contributed by atoms with Crippen LogP contribution in [0.3, 0.4) is 0 Å². The summed E-state index contributed by atoms with van der Waals surface area (Å²) < 4.78 is 25.7. The fraction of sp³-hybridized carbons (Fsp3) is 0.125. The summed E-state index contributed by atoms with van der Waals surface area (Å²) in [6.07, 6.45) is 0. The van der Waals surface area contributed by atoms with Gasteiger partial charge in [0.2, 0.25) is 5.91 Å². The molecule has 2 N–H and O–H groups in total. The molecule has 9 heteroatoms. The minimum Gasteiger partial charge on any atom is -0.506 e.